The minimum absolute atomic E-state index is 0.0310. The molecule has 0 bridgehead atoms. The summed E-state index contributed by atoms with van der Waals surface area (Å²) in [5.41, 5.74) is 4.14. The molecular formula is C21H19N3O2S. The summed E-state index contributed by atoms with van der Waals surface area (Å²) in [7, 11) is -3.28. The van der Waals surface area contributed by atoms with E-state index >= 15 is 0 Å². The number of fused-ring (bicyclic) bond motifs is 3. The molecule has 2 aliphatic rings. The van der Waals surface area contributed by atoms with Crippen molar-refractivity contribution in [3.05, 3.63) is 78.4 Å². The average molecular weight is 377 g/mol. The second kappa shape index (κ2) is 6.25. The Kier molecular flexibility index (Phi) is 3.84. The summed E-state index contributed by atoms with van der Waals surface area (Å²) in [5.74, 6) is 0.0310. The first-order valence-corrected chi connectivity index (χ1v) is 10.6. The molecule has 2 aliphatic heterocycles. The van der Waals surface area contributed by atoms with Gasteiger partial charge in [0.05, 0.1) is 10.1 Å². The molecule has 2 unspecified atom stereocenters. The van der Waals surface area contributed by atoms with E-state index in [0.29, 0.717) is 11.4 Å². The summed E-state index contributed by atoms with van der Waals surface area (Å²) in [5, 5.41) is -0.349. The molecule has 27 heavy (non-hydrogen) atoms. The molecule has 136 valence electrons. The Morgan fingerprint density at radius 1 is 0.963 bits per heavy atom. The minimum atomic E-state index is -3.28. The monoisotopic (exact) mass is 377 g/mol. The predicted octanol–water partition coefficient (Wildman–Crippen LogP) is 2.90. The van der Waals surface area contributed by atoms with Gasteiger partial charge in [-0.3, -0.25) is 14.9 Å². The van der Waals surface area contributed by atoms with Gasteiger partial charge in [-0.2, -0.15) is 0 Å². The zero-order valence-corrected chi connectivity index (χ0v) is 15.5. The highest BCUT2D eigenvalue weighted by Gasteiger charge is 2.50. The van der Waals surface area contributed by atoms with E-state index in [0.717, 1.165) is 35.3 Å². The summed E-state index contributed by atoms with van der Waals surface area (Å²) in [6, 6.07) is 13.6. The van der Waals surface area contributed by atoms with Gasteiger partial charge in [0.25, 0.3) is 0 Å². The zero-order valence-electron chi connectivity index (χ0n) is 14.7. The lowest BCUT2D eigenvalue weighted by molar-refractivity contribution is 0.325. The number of sulfone groups is 1. The third-order valence-electron chi connectivity index (χ3n) is 5.61. The third kappa shape index (κ3) is 2.76. The van der Waals surface area contributed by atoms with E-state index in [9.17, 15) is 8.42 Å². The van der Waals surface area contributed by atoms with Crippen molar-refractivity contribution in [1.29, 1.82) is 0 Å². The Balaban J connectivity index is 1.49. The van der Waals surface area contributed by atoms with E-state index in [1.165, 1.54) is 0 Å². The second-order valence-electron chi connectivity index (χ2n) is 7.23. The normalized spacial score (nSPS) is 23.1. The maximum Gasteiger partial charge on any atom is 0.183 e. The van der Waals surface area contributed by atoms with Crippen LogP contribution in [0.3, 0.4) is 0 Å². The highest BCUT2D eigenvalue weighted by Crippen LogP contribution is 2.46. The van der Waals surface area contributed by atoms with Crippen molar-refractivity contribution >= 4 is 9.84 Å². The molecule has 0 N–H and O–H groups in total. The van der Waals surface area contributed by atoms with Gasteiger partial charge in [0, 0.05) is 50.3 Å². The highest BCUT2D eigenvalue weighted by atomic mass is 32.2. The molecule has 1 saturated heterocycles. The molecule has 1 aromatic carbocycles. The topological polar surface area (TPSA) is 63.2 Å². The second-order valence-corrected chi connectivity index (χ2v) is 9.37. The molecule has 0 aliphatic carbocycles. The van der Waals surface area contributed by atoms with Crippen LogP contribution in [0.2, 0.25) is 0 Å². The van der Waals surface area contributed by atoms with E-state index in [1.54, 1.807) is 24.7 Å². The molecule has 5 rings (SSSR count). The van der Waals surface area contributed by atoms with Crippen LogP contribution >= 0.6 is 0 Å². The smallest absolute Gasteiger partial charge is 0.183 e. The third-order valence-corrected chi connectivity index (χ3v) is 7.87. The molecule has 0 spiro atoms. The van der Waals surface area contributed by atoms with Crippen molar-refractivity contribution in [1.82, 2.24) is 14.9 Å². The molecule has 1 fully saturated rings. The van der Waals surface area contributed by atoms with Crippen LogP contribution in [0.25, 0.3) is 11.1 Å². The van der Waals surface area contributed by atoms with Crippen molar-refractivity contribution in [3.63, 3.8) is 0 Å². The van der Waals surface area contributed by atoms with Gasteiger partial charge < -0.3 is 0 Å². The summed E-state index contributed by atoms with van der Waals surface area (Å²) in [6.07, 6.45) is 7.11. The summed E-state index contributed by atoms with van der Waals surface area (Å²) < 4.78 is 26.1. The fourth-order valence-corrected chi connectivity index (χ4v) is 6.51. The van der Waals surface area contributed by atoms with Crippen molar-refractivity contribution in [3.8, 4) is 11.1 Å². The molecular weight excluding hydrogens is 358 g/mol. The molecule has 0 saturated carbocycles. The van der Waals surface area contributed by atoms with Gasteiger partial charge in [0.2, 0.25) is 0 Å². The number of hydrogen-bond acceptors (Lipinski definition) is 5. The van der Waals surface area contributed by atoms with Crippen LogP contribution in [0.1, 0.15) is 17.0 Å². The van der Waals surface area contributed by atoms with Crippen LogP contribution in [0, 0.1) is 0 Å². The lowest BCUT2D eigenvalue weighted by Gasteiger charge is -2.17. The summed E-state index contributed by atoms with van der Waals surface area (Å²) in [6.45, 7) is 2.09. The minimum Gasteiger partial charge on any atom is -0.297 e. The maximum atomic E-state index is 13.1. The van der Waals surface area contributed by atoms with E-state index < -0.39 is 9.84 Å². The Bertz CT molecular complexity index is 1080. The van der Waals surface area contributed by atoms with Crippen LogP contribution in [0.5, 0.6) is 0 Å². The molecule has 0 amide bonds. The number of aromatic nitrogens is 2. The largest absolute Gasteiger partial charge is 0.297 e. The molecule has 4 heterocycles. The van der Waals surface area contributed by atoms with Crippen molar-refractivity contribution in [2.24, 2.45) is 0 Å². The van der Waals surface area contributed by atoms with E-state index in [4.69, 9.17) is 0 Å². The maximum absolute atomic E-state index is 13.1. The molecule has 2 aromatic heterocycles. The number of benzene rings is 1. The summed E-state index contributed by atoms with van der Waals surface area (Å²) >= 11 is 0. The Hall–Kier alpha value is -2.57. The molecule has 0 radical (unpaired) electrons. The Labute approximate surface area is 158 Å². The summed E-state index contributed by atoms with van der Waals surface area (Å²) in [4.78, 5) is 11.0. The Morgan fingerprint density at radius 2 is 1.81 bits per heavy atom. The standard InChI is InChI=1S/C21H19N3O2S/c25-27(26)20-4-3-16(17-2-1-7-23-11-17)10-18(20)19-13-24(14-21(19)27)12-15-5-8-22-9-6-15/h1-11,19,21H,12-14H2. The fraction of sp³-hybridized carbons (Fsp3) is 0.238. The van der Waals surface area contributed by atoms with Crippen molar-refractivity contribution in [2.75, 3.05) is 13.1 Å². The van der Waals surface area contributed by atoms with Crippen LogP contribution in [-0.4, -0.2) is 41.6 Å². The van der Waals surface area contributed by atoms with Crippen molar-refractivity contribution < 1.29 is 8.42 Å². The van der Waals surface area contributed by atoms with Gasteiger partial charge >= 0.3 is 0 Å². The number of nitrogens with zero attached hydrogens (tertiary/aromatic N) is 3. The average Bonchev–Trinajstić information content (AvgIpc) is 3.21. The zero-order chi connectivity index (χ0) is 18.4. The van der Waals surface area contributed by atoms with Crippen LogP contribution in [-0.2, 0) is 16.4 Å². The number of pyridine rings is 2. The van der Waals surface area contributed by atoms with E-state index in [-0.39, 0.29) is 11.2 Å². The van der Waals surface area contributed by atoms with Gasteiger partial charge in [-0.05, 0) is 52.6 Å². The number of rotatable bonds is 3. The van der Waals surface area contributed by atoms with Gasteiger partial charge in [-0.25, -0.2) is 8.42 Å². The number of hydrogen-bond donors (Lipinski definition) is 0. The van der Waals surface area contributed by atoms with Crippen LogP contribution < -0.4 is 0 Å². The molecule has 6 heteroatoms. The quantitative estimate of drug-likeness (QED) is 0.702. The van der Waals surface area contributed by atoms with Crippen LogP contribution in [0.15, 0.2) is 72.1 Å². The van der Waals surface area contributed by atoms with Gasteiger partial charge in [0.15, 0.2) is 9.84 Å². The first kappa shape index (κ1) is 16.6. The van der Waals surface area contributed by atoms with Gasteiger partial charge in [-0.15, -0.1) is 0 Å². The number of likely N-dealkylation sites (tertiary alicyclic amines) is 1. The van der Waals surface area contributed by atoms with Gasteiger partial charge in [0.1, 0.15) is 0 Å². The van der Waals surface area contributed by atoms with Crippen molar-refractivity contribution in [2.45, 2.75) is 22.6 Å². The molecule has 5 nitrogen and oxygen atoms in total. The first-order chi connectivity index (χ1) is 13.1. The molecule has 3 aromatic rings. The fourth-order valence-electron chi connectivity index (χ4n) is 4.31. The van der Waals surface area contributed by atoms with E-state index in [2.05, 4.69) is 14.9 Å². The predicted molar refractivity (Wildman–Crippen MR) is 103 cm³/mol. The lowest BCUT2D eigenvalue weighted by Crippen LogP contribution is -2.25. The SMILES string of the molecule is O=S1(=O)c2ccc(-c3cccnc3)cc2C2CN(Cc3ccncc3)CC21. The molecule has 2 atom stereocenters. The Morgan fingerprint density at radius 3 is 2.59 bits per heavy atom. The highest BCUT2D eigenvalue weighted by molar-refractivity contribution is 7.92. The van der Waals surface area contributed by atoms with Crippen LogP contribution in [0.4, 0.5) is 0 Å². The lowest BCUT2D eigenvalue weighted by atomic mass is 9.95. The van der Waals surface area contributed by atoms with Gasteiger partial charge in [-0.1, -0.05) is 12.1 Å². The van der Waals surface area contributed by atoms with E-state index in [1.807, 2.05) is 42.6 Å². The first-order valence-electron chi connectivity index (χ1n) is 9.02.